The van der Waals surface area contributed by atoms with Crippen LogP contribution in [0.25, 0.3) is 5.69 Å². The van der Waals surface area contributed by atoms with E-state index in [1.807, 2.05) is 47.8 Å². The predicted octanol–water partition coefficient (Wildman–Crippen LogP) is 4.67. The van der Waals surface area contributed by atoms with Crippen molar-refractivity contribution in [2.45, 2.75) is 12.2 Å². The summed E-state index contributed by atoms with van der Waals surface area (Å²) in [5.74, 6) is -0.483. The predicted molar refractivity (Wildman–Crippen MR) is 116 cm³/mol. The molecular weight excluding hydrogens is 439 g/mol. The second kappa shape index (κ2) is 9.33. The Labute approximate surface area is 185 Å². The summed E-state index contributed by atoms with van der Waals surface area (Å²) < 4.78 is 41.0. The zero-order valence-electron chi connectivity index (χ0n) is 16.6. The van der Waals surface area contributed by atoms with Gasteiger partial charge in [0.05, 0.1) is 29.5 Å². The Kier molecular flexibility index (Phi) is 6.33. The number of nitrogens with one attached hydrogen (secondary N) is 2. The lowest BCUT2D eigenvalue weighted by Crippen LogP contribution is -2.32. The first-order valence-corrected chi connectivity index (χ1v) is 10.5. The Bertz CT molecular complexity index is 1160. The van der Waals surface area contributed by atoms with Gasteiger partial charge >= 0.3 is 6.18 Å². The van der Waals surface area contributed by atoms with Crippen LogP contribution in [0.4, 0.5) is 18.9 Å². The average molecular weight is 457 g/mol. The summed E-state index contributed by atoms with van der Waals surface area (Å²) in [5.41, 5.74) is 0.377. The number of thiophene rings is 1. The van der Waals surface area contributed by atoms with Gasteiger partial charge in [-0.25, -0.2) is 9.67 Å². The molecule has 2 aromatic carbocycles. The van der Waals surface area contributed by atoms with Crippen LogP contribution in [0.5, 0.6) is 0 Å². The fourth-order valence-corrected chi connectivity index (χ4v) is 4.04. The number of rotatable bonds is 7. The number of halogens is 3. The first kappa shape index (κ1) is 21.7. The minimum atomic E-state index is -4.55. The van der Waals surface area contributed by atoms with Gasteiger partial charge in [0.25, 0.3) is 0 Å². The molecule has 0 spiro atoms. The van der Waals surface area contributed by atoms with E-state index in [0.29, 0.717) is 0 Å². The van der Waals surface area contributed by atoms with Gasteiger partial charge in [-0.3, -0.25) is 10.1 Å². The molecule has 0 unspecified atom stereocenters. The number of aromatic nitrogens is 3. The molecule has 0 fully saturated rings. The molecule has 1 amide bonds. The molecule has 0 aliphatic rings. The van der Waals surface area contributed by atoms with Gasteiger partial charge in [-0.1, -0.05) is 36.4 Å². The number of carbonyl (C=O) groups is 1. The number of amides is 1. The van der Waals surface area contributed by atoms with Crippen LogP contribution in [-0.4, -0.2) is 27.2 Å². The van der Waals surface area contributed by atoms with Gasteiger partial charge in [-0.05, 0) is 35.2 Å². The Hall–Kier alpha value is -3.50. The second-order valence-electron chi connectivity index (χ2n) is 6.86. The topological polar surface area (TPSA) is 71.8 Å². The molecule has 0 saturated heterocycles. The van der Waals surface area contributed by atoms with E-state index in [0.717, 1.165) is 22.6 Å². The van der Waals surface area contributed by atoms with Crippen LogP contribution < -0.4 is 10.6 Å². The average Bonchev–Trinajstić information content (AvgIpc) is 3.49. The molecule has 4 aromatic rings. The van der Waals surface area contributed by atoms with E-state index in [9.17, 15) is 18.0 Å². The Morgan fingerprint density at radius 1 is 1.09 bits per heavy atom. The highest BCUT2D eigenvalue weighted by atomic mass is 32.1. The first-order chi connectivity index (χ1) is 15.4. The highest BCUT2D eigenvalue weighted by molar-refractivity contribution is 7.10. The molecule has 6 nitrogen and oxygen atoms in total. The maximum Gasteiger partial charge on any atom is 0.416 e. The first-order valence-electron chi connectivity index (χ1n) is 9.59. The van der Waals surface area contributed by atoms with E-state index in [4.69, 9.17) is 0 Å². The van der Waals surface area contributed by atoms with E-state index in [-0.39, 0.29) is 24.0 Å². The zero-order valence-corrected chi connectivity index (χ0v) is 17.4. The minimum Gasteiger partial charge on any atom is -0.323 e. The summed E-state index contributed by atoms with van der Waals surface area (Å²) in [6, 6.07) is 16.4. The molecule has 164 valence electrons. The lowest BCUT2D eigenvalue weighted by Gasteiger charge is -2.19. The van der Waals surface area contributed by atoms with E-state index >= 15 is 0 Å². The lowest BCUT2D eigenvalue weighted by molar-refractivity contribution is -0.137. The SMILES string of the molecule is O=C(CN[C@@H](c1ccccc1)c1cccs1)Nc1cc(C(F)(F)F)ccc1-n1cncn1. The van der Waals surface area contributed by atoms with E-state index < -0.39 is 17.6 Å². The van der Waals surface area contributed by atoms with Crippen molar-refractivity contribution in [1.29, 1.82) is 0 Å². The van der Waals surface area contributed by atoms with Gasteiger partial charge in [0.15, 0.2) is 0 Å². The maximum absolute atomic E-state index is 13.2. The van der Waals surface area contributed by atoms with Crippen LogP contribution in [0.3, 0.4) is 0 Å². The van der Waals surface area contributed by atoms with Crippen molar-refractivity contribution >= 4 is 22.9 Å². The number of nitrogens with zero attached hydrogens (tertiary/aromatic N) is 3. The molecule has 0 aliphatic heterocycles. The molecule has 0 radical (unpaired) electrons. The van der Waals surface area contributed by atoms with Crippen molar-refractivity contribution in [1.82, 2.24) is 20.1 Å². The Morgan fingerprint density at radius 3 is 2.56 bits per heavy atom. The normalized spacial score (nSPS) is 12.5. The maximum atomic E-state index is 13.2. The quantitative estimate of drug-likeness (QED) is 0.423. The number of anilines is 1. The van der Waals surface area contributed by atoms with Gasteiger partial charge in [0.1, 0.15) is 12.7 Å². The van der Waals surface area contributed by atoms with Gasteiger partial charge in [0.2, 0.25) is 5.91 Å². The largest absolute Gasteiger partial charge is 0.416 e. The summed E-state index contributed by atoms with van der Waals surface area (Å²) >= 11 is 1.55. The molecule has 0 bridgehead atoms. The van der Waals surface area contributed by atoms with Gasteiger partial charge in [-0.15, -0.1) is 11.3 Å². The molecule has 32 heavy (non-hydrogen) atoms. The Balaban J connectivity index is 1.54. The summed E-state index contributed by atoms with van der Waals surface area (Å²) in [6.45, 7) is -0.107. The van der Waals surface area contributed by atoms with Gasteiger partial charge in [0, 0.05) is 4.88 Å². The van der Waals surface area contributed by atoms with Crippen LogP contribution in [0.15, 0.2) is 78.7 Å². The summed E-state index contributed by atoms with van der Waals surface area (Å²) in [4.78, 5) is 17.5. The summed E-state index contributed by atoms with van der Waals surface area (Å²) in [6.07, 6.45) is -1.94. The molecule has 2 aromatic heterocycles. The monoisotopic (exact) mass is 457 g/mol. The summed E-state index contributed by atoms with van der Waals surface area (Å²) in [5, 5.41) is 11.7. The van der Waals surface area contributed by atoms with Gasteiger partial charge in [-0.2, -0.15) is 18.3 Å². The van der Waals surface area contributed by atoms with E-state index in [1.165, 1.54) is 23.4 Å². The third kappa shape index (κ3) is 5.04. The standard InChI is InChI=1S/C22H18F3N5OS/c23-22(24,25)16-8-9-18(30-14-26-13-28-30)17(11-16)29-20(31)12-27-21(19-7-4-10-32-19)15-5-2-1-3-6-15/h1-11,13-14,21,27H,12H2,(H,29,31)/t21-/m0/s1. The van der Waals surface area contributed by atoms with Crippen LogP contribution in [0, 0.1) is 0 Å². The smallest absolute Gasteiger partial charge is 0.323 e. The van der Waals surface area contributed by atoms with Crippen LogP contribution >= 0.6 is 11.3 Å². The van der Waals surface area contributed by atoms with Crippen LogP contribution in [0.1, 0.15) is 22.0 Å². The molecule has 4 rings (SSSR count). The number of benzene rings is 2. The van der Waals surface area contributed by atoms with Crippen molar-refractivity contribution in [3.63, 3.8) is 0 Å². The molecule has 0 aliphatic carbocycles. The summed E-state index contributed by atoms with van der Waals surface area (Å²) in [7, 11) is 0. The van der Waals surface area contributed by atoms with Gasteiger partial charge < -0.3 is 5.32 Å². The highest BCUT2D eigenvalue weighted by Crippen LogP contribution is 2.33. The fourth-order valence-electron chi connectivity index (χ4n) is 3.22. The molecule has 2 heterocycles. The second-order valence-corrected chi connectivity index (χ2v) is 7.84. The van der Waals surface area contributed by atoms with Crippen molar-refractivity contribution in [2.75, 3.05) is 11.9 Å². The number of hydrogen-bond acceptors (Lipinski definition) is 5. The fraction of sp³-hybridized carbons (Fsp3) is 0.136. The zero-order chi connectivity index (χ0) is 22.6. The number of carbonyl (C=O) groups excluding carboxylic acids is 1. The van der Waals surface area contributed by atoms with Crippen LogP contribution in [0.2, 0.25) is 0 Å². The molecule has 1 atom stereocenters. The van der Waals surface area contributed by atoms with Crippen molar-refractivity contribution in [2.24, 2.45) is 0 Å². The van der Waals surface area contributed by atoms with Crippen molar-refractivity contribution in [3.8, 4) is 5.69 Å². The van der Waals surface area contributed by atoms with Crippen molar-refractivity contribution in [3.05, 3.63) is 94.7 Å². The minimum absolute atomic E-state index is 0.00971. The number of hydrogen-bond donors (Lipinski definition) is 2. The van der Waals surface area contributed by atoms with Crippen molar-refractivity contribution < 1.29 is 18.0 Å². The Morgan fingerprint density at radius 2 is 1.91 bits per heavy atom. The lowest BCUT2D eigenvalue weighted by atomic mass is 10.1. The third-order valence-corrected chi connectivity index (χ3v) is 5.63. The molecule has 10 heteroatoms. The molecule has 0 saturated carbocycles. The van der Waals surface area contributed by atoms with E-state index in [2.05, 4.69) is 20.7 Å². The molecule has 2 N–H and O–H groups in total. The van der Waals surface area contributed by atoms with E-state index in [1.54, 1.807) is 11.3 Å². The molecular formula is C22H18F3N5OS. The number of alkyl halides is 3. The third-order valence-electron chi connectivity index (χ3n) is 4.69. The van der Waals surface area contributed by atoms with Crippen LogP contribution in [-0.2, 0) is 11.0 Å². The highest BCUT2D eigenvalue weighted by Gasteiger charge is 2.31.